The number of Topliss-reactive ketones (excluding diaryl/α,β-unsaturated/α-hetero) is 1. The highest BCUT2D eigenvalue weighted by Gasteiger charge is 2.10. The van der Waals surface area contributed by atoms with E-state index in [1.807, 2.05) is 32.0 Å². The van der Waals surface area contributed by atoms with E-state index in [1.165, 1.54) is 6.92 Å². The van der Waals surface area contributed by atoms with E-state index in [-0.39, 0.29) is 18.3 Å². The standard InChI is InChI=1S/C18H19NO3/c1-12-8-13(2)10-15(9-12)22-11-18(21)19-17-7-5-4-6-16(17)14(3)20/h4-10H,11H2,1-3H3,(H,19,21). The van der Waals surface area contributed by atoms with Gasteiger partial charge in [-0.05, 0) is 56.2 Å². The SMILES string of the molecule is CC(=O)c1ccccc1NC(=O)COc1cc(C)cc(C)c1. The Hall–Kier alpha value is -2.62. The van der Waals surface area contributed by atoms with E-state index in [0.29, 0.717) is 17.0 Å². The second-order valence-electron chi connectivity index (χ2n) is 5.26. The van der Waals surface area contributed by atoms with Crippen molar-refractivity contribution in [2.24, 2.45) is 0 Å². The number of hydrogen-bond donors (Lipinski definition) is 1. The number of benzene rings is 2. The minimum absolute atomic E-state index is 0.0915. The Morgan fingerprint density at radius 2 is 1.68 bits per heavy atom. The van der Waals surface area contributed by atoms with Crippen LogP contribution < -0.4 is 10.1 Å². The van der Waals surface area contributed by atoms with Gasteiger partial charge in [-0.3, -0.25) is 9.59 Å². The Morgan fingerprint density at radius 3 is 2.32 bits per heavy atom. The van der Waals surface area contributed by atoms with E-state index in [9.17, 15) is 9.59 Å². The lowest BCUT2D eigenvalue weighted by molar-refractivity contribution is -0.118. The average molecular weight is 297 g/mol. The van der Waals surface area contributed by atoms with Crippen LogP contribution in [0.4, 0.5) is 5.69 Å². The van der Waals surface area contributed by atoms with Crippen LogP contribution in [-0.2, 0) is 4.79 Å². The Labute approximate surface area is 130 Å². The van der Waals surface area contributed by atoms with Crippen LogP contribution in [0, 0.1) is 13.8 Å². The maximum Gasteiger partial charge on any atom is 0.262 e. The van der Waals surface area contributed by atoms with Crippen LogP contribution in [0.25, 0.3) is 0 Å². The molecule has 2 aromatic carbocycles. The molecule has 0 bridgehead atoms. The van der Waals surface area contributed by atoms with Gasteiger partial charge in [0.25, 0.3) is 5.91 Å². The van der Waals surface area contributed by atoms with Gasteiger partial charge in [0.05, 0.1) is 5.69 Å². The summed E-state index contributed by atoms with van der Waals surface area (Å²) in [4.78, 5) is 23.5. The summed E-state index contributed by atoms with van der Waals surface area (Å²) in [5.41, 5.74) is 3.15. The number of hydrogen-bond acceptors (Lipinski definition) is 3. The van der Waals surface area contributed by atoms with Crippen LogP contribution in [0.3, 0.4) is 0 Å². The van der Waals surface area contributed by atoms with E-state index in [0.717, 1.165) is 11.1 Å². The smallest absolute Gasteiger partial charge is 0.262 e. The zero-order valence-corrected chi connectivity index (χ0v) is 13.0. The Bertz CT molecular complexity index is 687. The normalized spacial score (nSPS) is 10.1. The zero-order chi connectivity index (χ0) is 16.1. The molecule has 0 atom stereocenters. The molecule has 0 unspecified atom stereocenters. The van der Waals surface area contributed by atoms with E-state index in [1.54, 1.807) is 24.3 Å². The summed E-state index contributed by atoms with van der Waals surface area (Å²) in [7, 11) is 0. The third kappa shape index (κ3) is 4.19. The fourth-order valence-electron chi connectivity index (χ4n) is 2.25. The molecule has 22 heavy (non-hydrogen) atoms. The predicted molar refractivity (Wildman–Crippen MR) is 86.5 cm³/mol. The number of ether oxygens (including phenoxy) is 1. The Balaban J connectivity index is 2.00. The van der Waals surface area contributed by atoms with E-state index >= 15 is 0 Å². The topological polar surface area (TPSA) is 55.4 Å². The molecule has 1 N–H and O–H groups in total. The van der Waals surface area contributed by atoms with Gasteiger partial charge in [-0.15, -0.1) is 0 Å². The summed E-state index contributed by atoms with van der Waals surface area (Å²) >= 11 is 0. The molecule has 0 aliphatic rings. The van der Waals surface area contributed by atoms with Crippen LogP contribution in [-0.4, -0.2) is 18.3 Å². The third-order valence-electron chi connectivity index (χ3n) is 3.15. The van der Waals surface area contributed by atoms with E-state index in [4.69, 9.17) is 4.74 Å². The summed E-state index contributed by atoms with van der Waals surface area (Å²) in [6, 6.07) is 12.7. The first-order valence-corrected chi connectivity index (χ1v) is 7.06. The molecule has 0 aliphatic heterocycles. The molecular formula is C18H19NO3. The zero-order valence-electron chi connectivity index (χ0n) is 13.0. The molecule has 0 radical (unpaired) electrons. The van der Waals surface area contributed by atoms with Crippen LogP contribution >= 0.6 is 0 Å². The Morgan fingerprint density at radius 1 is 1.05 bits per heavy atom. The second-order valence-corrected chi connectivity index (χ2v) is 5.26. The summed E-state index contributed by atoms with van der Waals surface area (Å²) in [5.74, 6) is 0.270. The molecule has 0 fully saturated rings. The molecular weight excluding hydrogens is 278 g/mol. The molecule has 1 amide bonds. The van der Waals surface area contributed by atoms with Gasteiger partial charge in [0.1, 0.15) is 5.75 Å². The molecule has 0 heterocycles. The van der Waals surface area contributed by atoms with Gasteiger partial charge >= 0.3 is 0 Å². The number of amides is 1. The fraction of sp³-hybridized carbons (Fsp3) is 0.222. The van der Waals surface area contributed by atoms with Crippen molar-refractivity contribution < 1.29 is 14.3 Å². The molecule has 114 valence electrons. The lowest BCUT2D eigenvalue weighted by atomic mass is 10.1. The Kier molecular flexibility index (Phi) is 4.94. The van der Waals surface area contributed by atoms with Gasteiger partial charge in [0.15, 0.2) is 12.4 Å². The lowest BCUT2D eigenvalue weighted by Crippen LogP contribution is -2.21. The summed E-state index contributed by atoms with van der Waals surface area (Å²) in [6.45, 7) is 5.32. The second kappa shape index (κ2) is 6.89. The third-order valence-corrected chi connectivity index (χ3v) is 3.15. The molecule has 2 rings (SSSR count). The van der Waals surface area contributed by atoms with Gasteiger partial charge in [0, 0.05) is 5.56 Å². The summed E-state index contributed by atoms with van der Waals surface area (Å²) in [6.07, 6.45) is 0. The maximum atomic E-state index is 12.0. The van der Waals surface area contributed by atoms with Crippen LogP contribution in [0.2, 0.25) is 0 Å². The van der Waals surface area contributed by atoms with Crippen molar-refractivity contribution in [1.82, 2.24) is 0 Å². The first-order valence-electron chi connectivity index (χ1n) is 7.06. The quantitative estimate of drug-likeness (QED) is 0.859. The van der Waals surface area contributed by atoms with Gasteiger partial charge < -0.3 is 10.1 Å². The van der Waals surface area contributed by atoms with E-state index < -0.39 is 0 Å². The fourth-order valence-corrected chi connectivity index (χ4v) is 2.25. The van der Waals surface area contributed by atoms with Crippen molar-refractivity contribution in [2.75, 3.05) is 11.9 Å². The van der Waals surface area contributed by atoms with Gasteiger partial charge in [0.2, 0.25) is 0 Å². The first-order chi connectivity index (χ1) is 10.5. The predicted octanol–water partition coefficient (Wildman–Crippen LogP) is 3.52. The number of carbonyl (C=O) groups excluding carboxylic acids is 2. The van der Waals surface area contributed by atoms with Crippen molar-refractivity contribution >= 4 is 17.4 Å². The number of anilines is 1. The molecule has 0 aromatic heterocycles. The number of ketones is 1. The number of para-hydroxylation sites is 1. The molecule has 0 saturated carbocycles. The number of carbonyl (C=O) groups is 2. The van der Waals surface area contributed by atoms with Gasteiger partial charge in [-0.1, -0.05) is 18.2 Å². The number of rotatable bonds is 5. The maximum absolute atomic E-state index is 12.0. The van der Waals surface area contributed by atoms with Crippen molar-refractivity contribution in [2.45, 2.75) is 20.8 Å². The van der Waals surface area contributed by atoms with Crippen molar-refractivity contribution in [3.8, 4) is 5.75 Å². The lowest BCUT2D eigenvalue weighted by Gasteiger charge is -2.11. The van der Waals surface area contributed by atoms with Crippen LogP contribution in [0.1, 0.15) is 28.4 Å². The highest BCUT2D eigenvalue weighted by Crippen LogP contribution is 2.17. The number of nitrogens with one attached hydrogen (secondary N) is 1. The van der Waals surface area contributed by atoms with Gasteiger partial charge in [-0.2, -0.15) is 0 Å². The minimum atomic E-state index is -0.298. The van der Waals surface area contributed by atoms with Crippen LogP contribution in [0.15, 0.2) is 42.5 Å². The van der Waals surface area contributed by atoms with Crippen molar-refractivity contribution in [3.63, 3.8) is 0 Å². The molecule has 4 nitrogen and oxygen atoms in total. The molecule has 0 saturated heterocycles. The summed E-state index contributed by atoms with van der Waals surface area (Å²) < 4.78 is 5.51. The molecule has 4 heteroatoms. The van der Waals surface area contributed by atoms with Crippen molar-refractivity contribution in [3.05, 3.63) is 59.2 Å². The largest absolute Gasteiger partial charge is 0.484 e. The minimum Gasteiger partial charge on any atom is -0.484 e. The monoisotopic (exact) mass is 297 g/mol. The summed E-state index contributed by atoms with van der Waals surface area (Å²) in [5, 5.41) is 2.71. The highest BCUT2D eigenvalue weighted by atomic mass is 16.5. The van der Waals surface area contributed by atoms with Gasteiger partial charge in [-0.25, -0.2) is 0 Å². The number of aryl methyl sites for hydroxylation is 2. The molecule has 0 aliphatic carbocycles. The highest BCUT2D eigenvalue weighted by molar-refractivity contribution is 6.03. The first kappa shape index (κ1) is 15.8. The molecule has 2 aromatic rings. The van der Waals surface area contributed by atoms with E-state index in [2.05, 4.69) is 5.32 Å². The average Bonchev–Trinajstić information content (AvgIpc) is 2.44. The van der Waals surface area contributed by atoms with Crippen molar-refractivity contribution in [1.29, 1.82) is 0 Å². The molecule has 0 spiro atoms. The van der Waals surface area contributed by atoms with Crippen LogP contribution in [0.5, 0.6) is 5.75 Å².